The van der Waals surface area contributed by atoms with Crippen LogP contribution in [0.25, 0.3) is 0 Å². The van der Waals surface area contributed by atoms with Gasteiger partial charge in [0.2, 0.25) is 0 Å². The molecule has 0 radical (unpaired) electrons. The van der Waals surface area contributed by atoms with Crippen LogP contribution in [0.1, 0.15) is 38.8 Å². The van der Waals surface area contributed by atoms with Gasteiger partial charge in [0.25, 0.3) is 0 Å². The van der Waals surface area contributed by atoms with Crippen LogP contribution in [0.5, 0.6) is 0 Å². The van der Waals surface area contributed by atoms with Crippen LogP contribution in [-0.4, -0.2) is 15.8 Å². The van der Waals surface area contributed by atoms with Gasteiger partial charge in [0.15, 0.2) is 0 Å². The summed E-state index contributed by atoms with van der Waals surface area (Å²) in [4.78, 5) is 0. The van der Waals surface area contributed by atoms with E-state index in [1.165, 1.54) is 5.69 Å². The fourth-order valence-electron chi connectivity index (χ4n) is 1.46. The molecule has 2 unspecified atom stereocenters. The van der Waals surface area contributed by atoms with Crippen molar-refractivity contribution in [1.82, 2.24) is 9.78 Å². The van der Waals surface area contributed by atoms with Crippen molar-refractivity contribution in [2.45, 2.75) is 45.7 Å². The Labute approximate surface area is 93.8 Å². The van der Waals surface area contributed by atoms with Crippen LogP contribution < -0.4 is 5.73 Å². The van der Waals surface area contributed by atoms with Gasteiger partial charge in [-0.1, -0.05) is 13.8 Å². The van der Waals surface area contributed by atoms with Crippen molar-refractivity contribution in [3.8, 4) is 0 Å². The zero-order chi connectivity index (χ0) is 10.7. The largest absolute Gasteiger partial charge is 0.327 e. The molecule has 0 spiro atoms. The van der Waals surface area contributed by atoms with Gasteiger partial charge in [0, 0.05) is 18.5 Å². The fourth-order valence-corrected chi connectivity index (χ4v) is 2.12. The van der Waals surface area contributed by atoms with Gasteiger partial charge in [-0.25, -0.2) is 0 Å². The molecular weight excluding hydrogens is 242 g/mol. The van der Waals surface area contributed by atoms with Gasteiger partial charge in [-0.2, -0.15) is 5.10 Å². The van der Waals surface area contributed by atoms with E-state index in [0.717, 1.165) is 17.4 Å². The Hall–Kier alpha value is -0.350. The molecule has 2 atom stereocenters. The average molecular weight is 260 g/mol. The van der Waals surface area contributed by atoms with Crippen molar-refractivity contribution in [2.24, 2.45) is 5.73 Å². The summed E-state index contributed by atoms with van der Waals surface area (Å²) in [6.07, 6.45) is 2.94. The summed E-state index contributed by atoms with van der Waals surface area (Å²) in [6, 6.07) is 0.151. The summed E-state index contributed by atoms with van der Waals surface area (Å²) < 4.78 is 3.11. The standard InChI is InChI=1S/C10H18BrN3/c1-4-5-14-10(7(2)8(3)12)9(11)6-13-14/h6-8H,4-5,12H2,1-3H3. The molecule has 14 heavy (non-hydrogen) atoms. The minimum Gasteiger partial charge on any atom is -0.327 e. The number of rotatable bonds is 4. The van der Waals surface area contributed by atoms with Crippen molar-refractivity contribution in [3.63, 3.8) is 0 Å². The van der Waals surface area contributed by atoms with Crippen molar-refractivity contribution in [1.29, 1.82) is 0 Å². The van der Waals surface area contributed by atoms with E-state index in [4.69, 9.17) is 5.73 Å². The van der Waals surface area contributed by atoms with Crippen LogP contribution in [0.4, 0.5) is 0 Å². The highest BCUT2D eigenvalue weighted by molar-refractivity contribution is 9.10. The molecule has 2 N–H and O–H groups in total. The smallest absolute Gasteiger partial charge is 0.0635 e. The topological polar surface area (TPSA) is 43.8 Å². The third-order valence-corrected chi connectivity index (χ3v) is 3.10. The molecule has 0 saturated heterocycles. The van der Waals surface area contributed by atoms with Crippen LogP contribution in [0, 0.1) is 0 Å². The zero-order valence-corrected chi connectivity index (χ0v) is 10.6. The highest BCUT2D eigenvalue weighted by Crippen LogP contribution is 2.26. The summed E-state index contributed by atoms with van der Waals surface area (Å²) in [7, 11) is 0. The molecule has 80 valence electrons. The van der Waals surface area contributed by atoms with Crippen molar-refractivity contribution < 1.29 is 0 Å². The molecule has 0 aliphatic rings. The Morgan fingerprint density at radius 2 is 2.21 bits per heavy atom. The van der Waals surface area contributed by atoms with Crippen LogP contribution in [0.15, 0.2) is 10.7 Å². The third kappa shape index (κ3) is 2.36. The lowest BCUT2D eigenvalue weighted by molar-refractivity contribution is 0.511. The van der Waals surface area contributed by atoms with Gasteiger partial charge in [-0.3, -0.25) is 4.68 Å². The van der Waals surface area contributed by atoms with Crippen molar-refractivity contribution >= 4 is 15.9 Å². The van der Waals surface area contributed by atoms with E-state index in [1.54, 1.807) is 0 Å². The number of hydrogen-bond donors (Lipinski definition) is 1. The number of hydrogen-bond acceptors (Lipinski definition) is 2. The zero-order valence-electron chi connectivity index (χ0n) is 9.00. The van der Waals surface area contributed by atoms with Gasteiger partial charge < -0.3 is 5.73 Å². The normalized spacial score (nSPS) is 15.5. The monoisotopic (exact) mass is 259 g/mol. The van der Waals surface area contributed by atoms with Gasteiger partial charge in [-0.05, 0) is 29.3 Å². The van der Waals surface area contributed by atoms with E-state index in [0.29, 0.717) is 5.92 Å². The Kier molecular flexibility index (Phi) is 4.13. The molecule has 0 aliphatic carbocycles. The van der Waals surface area contributed by atoms with E-state index in [2.05, 4.69) is 34.9 Å². The van der Waals surface area contributed by atoms with Crippen LogP contribution in [0.3, 0.4) is 0 Å². The van der Waals surface area contributed by atoms with Gasteiger partial charge in [0.05, 0.1) is 16.4 Å². The maximum Gasteiger partial charge on any atom is 0.0635 e. The minimum atomic E-state index is 0.151. The van der Waals surface area contributed by atoms with Crippen LogP contribution in [-0.2, 0) is 6.54 Å². The highest BCUT2D eigenvalue weighted by Gasteiger charge is 2.18. The van der Waals surface area contributed by atoms with Crippen molar-refractivity contribution in [2.75, 3.05) is 0 Å². The minimum absolute atomic E-state index is 0.151. The van der Waals surface area contributed by atoms with E-state index in [-0.39, 0.29) is 6.04 Å². The molecule has 1 heterocycles. The van der Waals surface area contributed by atoms with E-state index in [1.807, 2.05) is 17.8 Å². The molecule has 1 rings (SSSR count). The van der Waals surface area contributed by atoms with Crippen LogP contribution in [0.2, 0.25) is 0 Å². The van der Waals surface area contributed by atoms with E-state index >= 15 is 0 Å². The quantitative estimate of drug-likeness (QED) is 0.903. The predicted molar refractivity (Wildman–Crippen MR) is 62.3 cm³/mol. The second-order valence-corrected chi connectivity index (χ2v) is 4.60. The molecule has 0 bridgehead atoms. The second-order valence-electron chi connectivity index (χ2n) is 3.75. The van der Waals surface area contributed by atoms with Gasteiger partial charge >= 0.3 is 0 Å². The number of nitrogens with two attached hydrogens (primary N) is 1. The van der Waals surface area contributed by atoms with E-state index < -0.39 is 0 Å². The summed E-state index contributed by atoms with van der Waals surface area (Å²) in [5.74, 6) is 0.332. The first-order chi connectivity index (χ1) is 6.57. The Bertz CT molecular complexity index is 294. The first kappa shape index (κ1) is 11.7. The van der Waals surface area contributed by atoms with Crippen LogP contribution >= 0.6 is 15.9 Å². The fraction of sp³-hybridized carbons (Fsp3) is 0.700. The molecular formula is C10H18BrN3. The Morgan fingerprint density at radius 3 is 2.71 bits per heavy atom. The SMILES string of the molecule is CCCn1ncc(Br)c1C(C)C(C)N. The second kappa shape index (κ2) is 4.94. The molecule has 0 saturated carbocycles. The molecule has 4 heteroatoms. The highest BCUT2D eigenvalue weighted by atomic mass is 79.9. The predicted octanol–water partition coefficient (Wildman–Crippen LogP) is 2.51. The molecule has 0 fully saturated rings. The number of aryl methyl sites for hydroxylation is 1. The van der Waals surface area contributed by atoms with E-state index in [9.17, 15) is 0 Å². The molecule has 1 aromatic heterocycles. The molecule has 0 aromatic carbocycles. The number of aromatic nitrogens is 2. The number of nitrogens with zero attached hydrogens (tertiary/aromatic N) is 2. The summed E-state index contributed by atoms with van der Waals surface area (Å²) in [5, 5.41) is 4.32. The van der Waals surface area contributed by atoms with Gasteiger partial charge in [-0.15, -0.1) is 0 Å². The average Bonchev–Trinajstić information content (AvgIpc) is 2.47. The lowest BCUT2D eigenvalue weighted by Gasteiger charge is -2.18. The van der Waals surface area contributed by atoms with Gasteiger partial charge in [0.1, 0.15) is 0 Å². The lowest BCUT2D eigenvalue weighted by Crippen LogP contribution is -2.25. The molecule has 1 aromatic rings. The number of halogens is 1. The third-order valence-electron chi connectivity index (χ3n) is 2.49. The summed E-state index contributed by atoms with van der Waals surface area (Å²) >= 11 is 3.52. The molecule has 0 amide bonds. The van der Waals surface area contributed by atoms with Crippen molar-refractivity contribution in [3.05, 3.63) is 16.4 Å². The first-order valence-corrected chi connectivity index (χ1v) is 5.84. The molecule has 0 aliphatic heterocycles. The Morgan fingerprint density at radius 1 is 1.57 bits per heavy atom. The maximum absolute atomic E-state index is 5.90. The molecule has 3 nitrogen and oxygen atoms in total. The first-order valence-electron chi connectivity index (χ1n) is 5.04. The summed E-state index contributed by atoms with van der Waals surface area (Å²) in [5.41, 5.74) is 7.11. The summed E-state index contributed by atoms with van der Waals surface area (Å²) in [6.45, 7) is 7.27. The Balaban J connectivity index is 2.97. The maximum atomic E-state index is 5.90. The lowest BCUT2D eigenvalue weighted by atomic mass is 10.0.